The number of nitrogens with two attached hydrogens (primary N) is 1. The standard InChI is InChI=1S/C18H19ClN2O3/c1-18(17(20)23,14-7-4-8-15(19)10-14)21-16(22)13-6-3-5-12(9-13)11-24-2/h3-10H,11H2,1-2H3,(H2,20,23)(H,21,22)/t18-/m0/s1. The van der Waals surface area contributed by atoms with Crippen molar-refractivity contribution >= 4 is 23.4 Å². The van der Waals surface area contributed by atoms with Gasteiger partial charge < -0.3 is 15.8 Å². The first-order valence-corrected chi connectivity index (χ1v) is 7.71. The molecule has 0 unspecified atom stereocenters. The fraction of sp³-hybridized carbons (Fsp3) is 0.222. The lowest BCUT2D eigenvalue weighted by Gasteiger charge is -2.28. The molecule has 0 aliphatic rings. The summed E-state index contributed by atoms with van der Waals surface area (Å²) in [5.74, 6) is -1.08. The topological polar surface area (TPSA) is 81.4 Å². The fourth-order valence-electron chi connectivity index (χ4n) is 2.34. The predicted octanol–water partition coefficient (Wildman–Crippen LogP) is 2.62. The van der Waals surface area contributed by atoms with Crippen molar-refractivity contribution < 1.29 is 14.3 Å². The van der Waals surface area contributed by atoms with Gasteiger partial charge >= 0.3 is 0 Å². The number of ether oxygens (including phenoxy) is 1. The molecular formula is C18H19ClN2O3. The van der Waals surface area contributed by atoms with E-state index in [9.17, 15) is 9.59 Å². The van der Waals surface area contributed by atoms with Crippen LogP contribution in [0.5, 0.6) is 0 Å². The summed E-state index contributed by atoms with van der Waals surface area (Å²) in [6, 6.07) is 13.7. The Morgan fingerprint density at radius 1 is 1.21 bits per heavy atom. The van der Waals surface area contributed by atoms with Gasteiger partial charge in [0.15, 0.2) is 0 Å². The van der Waals surface area contributed by atoms with Gasteiger partial charge in [0.05, 0.1) is 6.61 Å². The molecule has 2 amide bonds. The van der Waals surface area contributed by atoms with Crippen LogP contribution in [-0.2, 0) is 21.7 Å². The quantitative estimate of drug-likeness (QED) is 0.843. The van der Waals surface area contributed by atoms with E-state index in [0.29, 0.717) is 22.8 Å². The van der Waals surface area contributed by atoms with Gasteiger partial charge in [-0.1, -0.05) is 35.9 Å². The Morgan fingerprint density at radius 2 is 1.92 bits per heavy atom. The van der Waals surface area contributed by atoms with E-state index in [-0.39, 0.29) is 0 Å². The van der Waals surface area contributed by atoms with Gasteiger partial charge in [-0.05, 0) is 42.3 Å². The van der Waals surface area contributed by atoms with Gasteiger partial charge in [-0.2, -0.15) is 0 Å². The van der Waals surface area contributed by atoms with Crippen LogP contribution in [-0.4, -0.2) is 18.9 Å². The minimum Gasteiger partial charge on any atom is -0.380 e. The second-order valence-electron chi connectivity index (χ2n) is 5.59. The molecule has 24 heavy (non-hydrogen) atoms. The monoisotopic (exact) mass is 346 g/mol. The lowest BCUT2D eigenvalue weighted by Crippen LogP contribution is -2.52. The van der Waals surface area contributed by atoms with E-state index in [4.69, 9.17) is 22.1 Å². The van der Waals surface area contributed by atoms with Crippen LogP contribution >= 0.6 is 11.6 Å². The largest absolute Gasteiger partial charge is 0.380 e. The Kier molecular flexibility index (Phi) is 5.59. The number of rotatable bonds is 6. The Hall–Kier alpha value is -2.37. The van der Waals surface area contributed by atoms with Gasteiger partial charge in [0.1, 0.15) is 5.54 Å². The first-order valence-electron chi connectivity index (χ1n) is 7.33. The molecule has 0 spiro atoms. The maximum Gasteiger partial charge on any atom is 0.252 e. The number of methoxy groups -OCH3 is 1. The SMILES string of the molecule is COCc1cccc(C(=O)N[C@](C)(C(N)=O)c2cccc(Cl)c2)c1. The summed E-state index contributed by atoms with van der Waals surface area (Å²) >= 11 is 5.99. The molecule has 0 aliphatic carbocycles. The summed E-state index contributed by atoms with van der Waals surface area (Å²) in [4.78, 5) is 24.6. The number of primary amides is 1. The van der Waals surface area contributed by atoms with Crippen molar-refractivity contribution in [2.75, 3.05) is 7.11 Å². The Balaban J connectivity index is 2.32. The Labute approximate surface area is 145 Å². The van der Waals surface area contributed by atoms with Crippen LogP contribution in [0.15, 0.2) is 48.5 Å². The van der Waals surface area contributed by atoms with E-state index in [1.54, 1.807) is 56.5 Å². The van der Waals surface area contributed by atoms with Crippen molar-refractivity contribution in [2.24, 2.45) is 5.73 Å². The molecule has 2 aromatic carbocycles. The molecule has 0 bridgehead atoms. The molecule has 6 heteroatoms. The number of hydrogen-bond donors (Lipinski definition) is 2. The second-order valence-corrected chi connectivity index (χ2v) is 6.02. The smallest absolute Gasteiger partial charge is 0.252 e. The first kappa shape index (κ1) is 18.0. The molecular weight excluding hydrogens is 328 g/mol. The molecule has 0 aliphatic heterocycles. The van der Waals surface area contributed by atoms with E-state index in [2.05, 4.69) is 5.32 Å². The highest BCUT2D eigenvalue weighted by molar-refractivity contribution is 6.30. The molecule has 0 aromatic heterocycles. The molecule has 126 valence electrons. The van der Waals surface area contributed by atoms with E-state index < -0.39 is 17.4 Å². The van der Waals surface area contributed by atoms with Crippen LogP contribution in [0, 0.1) is 0 Å². The lowest BCUT2D eigenvalue weighted by atomic mass is 9.90. The van der Waals surface area contributed by atoms with Gasteiger partial charge in [-0.25, -0.2) is 0 Å². The average molecular weight is 347 g/mol. The van der Waals surface area contributed by atoms with Gasteiger partial charge in [-0.15, -0.1) is 0 Å². The number of hydrogen-bond acceptors (Lipinski definition) is 3. The minimum absolute atomic E-state index is 0.391. The highest BCUT2D eigenvalue weighted by atomic mass is 35.5. The predicted molar refractivity (Wildman–Crippen MR) is 92.6 cm³/mol. The average Bonchev–Trinajstić information content (AvgIpc) is 2.55. The Morgan fingerprint density at radius 3 is 2.54 bits per heavy atom. The van der Waals surface area contributed by atoms with Crippen LogP contribution in [0.25, 0.3) is 0 Å². The van der Waals surface area contributed by atoms with Crippen molar-refractivity contribution in [3.63, 3.8) is 0 Å². The summed E-state index contributed by atoms with van der Waals surface area (Å²) in [6.45, 7) is 1.94. The van der Waals surface area contributed by atoms with E-state index in [0.717, 1.165) is 5.56 Å². The maximum absolute atomic E-state index is 12.6. The molecule has 0 fully saturated rings. The van der Waals surface area contributed by atoms with Crippen molar-refractivity contribution in [1.82, 2.24) is 5.32 Å². The van der Waals surface area contributed by atoms with Crippen LogP contribution in [0.1, 0.15) is 28.4 Å². The van der Waals surface area contributed by atoms with E-state index >= 15 is 0 Å². The number of nitrogens with one attached hydrogen (secondary N) is 1. The fourth-order valence-corrected chi connectivity index (χ4v) is 2.53. The summed E-state index contributed by atoms with van der Waals surface area (Å²) in [5.41, 5.74) is 5.95. The van der Waals surface area contributed by atoms with E-state index in [1.807, 2.05) is 6.07 Å². The first-order chi connectivity index (χ1) is 11.4. The highest BCUT2D eigenvalue weighted by Crippen LogP contribution is 2.24. The lowest BCUT2D eigenvalue weighted by molar-refractivity contribution is -0.123. The highest BCUT2D eigenvalue weighted by Gasteiger charge is 2.35. The van der Waals surface area contributed by atoms with Crippen LogP contribution < -0.4 is 11.1 Å². The molecule has 5 nitrogen and oxygen atoms in total. The van der Waals surface area contributed by atoms with Crippen molar-refractivity contribution in [3.8, 4) is 0 Å². The minimum atomic E-state index is -1.38. The number of benzene rings is 2. The number of carbonyl (C=O) groups is 2. The summed E-state index contributed by atoms with van der Waals surface area (Å²) in [7, 11) is 1.58. The third-order valence-corrected chi connectivity index (χ3v) is 3.99. The summed E-state index contributed by atoms with van der Waals surface area (Å²) < 4.78 is 5.06. The number of halogens is 1. The third kappa shape index (κ3) is 3.93. The van der Waals surface area contributed by atoms with Gasteiger partial charge in [0.25, 0.3) is 5.91 Å². The van der Waals surface area contributed by atoms with Crippen molar-refractivity contribution in [2.45, 2.75) is 19.1 Å². The Bertz CT molecular complexity index is 763. The van der Waals surface area contributed by atoms with Gasteiger partial charge in [0.2, 0.25) is 5.91 Å². The van der Waals surface area contributed by atoms with Gasteiger partial charge in [0, 0.05) is 17.7 Å². The van der Waals surface area contributed by atoms with Crippen LogP contribution in [0.4, 0.5) is 0 Å². The molecule has 2 rings (SSSR count). The summed E-state index contributed by atoms with van der Waals surface area (Å²) in [5, 5.41) is 3.16. The molecule has 2 aromatic rings. The zero-order valence-corrected chi connectivity index (χ0v) is 14.3. The number of amides is 2. The number of carbonyl (C=O) groups excluding carboxylic acids is 2. The molecule has 0 heterocycles. The molecule has 0 saturated carbocycles. The molecule has 1 atom stereocenters. The van der Waals surface area contributed by atoms with Crippen LogP contribution in [0.3, 0.4) is 0 Å². The van der Waals surface area contributed by atoms with Crippen molar-refractivity contribution in [3.05, 3.63) is 70.2 Å². The zero-order chi connectivity index (χ0) is 17.7. The normalized spacial score (nSPS) is 13.1. The molecule has 0 saturated heterocycles. The maximum atomic E-state index is 12.6. The molecule has 0 radical (unpaired) electrons. The zero-order valence-electron chi connectivity index (χ0n) is 13.5. The van der Waals surface area contributed by atoms with E-state index in [1.165, 1.54) is 0 Å². The molecule has 3 N–H and O–H groups in total. The van der Waals surface area contributed by atoms with Crippen LogP contribution in [0.2, 0.25) is 5.02 Å². The van der Waals surface area contributed by atoms with Gasteiger partial charge in [-0.3, -0.25) is 9.59 Å². The van der Waals surface area contributed by atoms with Crippen molar-refractivity contribution in [1.29, 1.82) is 0 Å². The summed E-state index contributed by atoms with van der Waals surface area (Å²) in [6.07, 6.45) is 0. The second kappa shape index (κ2) is 7.47. The third-order valence-electron chi connectivity index (χ3n) is 3.76.